The fourth-order valence-electron chi connectivity index (χ4n) is 2.89. The van der Waals surface area contributed by atoms with Crippen LogP contribution in [-0.4, -0.2) is 68.5 Å². The first-order valence-electron chi connectivity index (χ1n) is 9.89. The van der Waals surface area contributed by atoms with Crippen molar-refractivity contribution in [2.45, 2.75) is 71.4 Å². The average Bonchev–Trinajstić information content (AvgIpc) is 2.59. The Morgan fingerprint density at radius 2 is 2.00 bits per heavy atom. The minimum atomic E-state index is -0.467. The molecule has 0 radical (unpaired) electrons. The maximum absolute atomic E-state index is 12.5. The molecule has 1 unspecified atom stereocenters. The zero-order valence-corrected chi connectivity index (χ0v) is 17.3. The molecule has 1 aliphatic heterocycles. The number of nitrogens with zero attached hydrogens (tertiary/aromatic N) is 2. The Morgan fingerprint density at radius 3 is 2.65 bits per heavy atom. The molecule has 1 fully saturated rings. The van der Waals surface area contributed by atoms with Gasteiger partial charge in [-0.05, 0) is 59.8 Å². The second-order valence-corrected chi connectivity index (χ2v) is 7.61. The first kappa shape index (κ1) is 22.5. The fraction of sp³-hybridized carbons (Fsp3) is 0.895. The van der Waals surface area contributed by atoms with Gasteiger partial charge in [0.2, 0.25) is 0 Å². The van der Waals surface area contributed by atoms with Gasteiger partial charge in [-0.3, -0.25) is 4.99 Å². The molecule has 7 nitrogen and oxygen atoms in total. The molecule has 0 aromatic heterocycles. The molecule has 1 aliphatic rings. The smallest absolute Gasteiger partial charge is 0.410 e. The Kier molecular flexibility index (Phi) is 10.4. The summed E-state index contributed by atoms with van der Waals surface area (Å²) in [6.07, 6.45) is 5.00. The highest BCUT2D eigenvalue weighted by Gasteiger charge is 2.30. The lowest BCUT2D eigenvalue weighted by molar-refractivity contribution is 0.0104. The third-order valence-corrected chi connectivity index (χ3v) is 4.20. The Bertz CT molecular complexity index is 435. The van der Waals surface area contributed by atoms with Crippen molar-refractivity contribution in [3.8, 4) is 0 Å². The van der Waals surface area contributed by atoms with E-state index in [0.717, 1.165) is 64.4 Å². The minimum Gasteiger partial charge on any atom is -0.444 e. The largest absolute Gasteiger partial charge is 0.444 e. The lowest BCUT2D eigenvalue weighted by Crippen LogP contribution is -2.52. The number of amides is 1. The Hall–Kier alpha value is -1.50. The molecule has 1 saturated heterocycles. The zero-order chi connectivity index (χ0) is 19.4. The zero-order valence-electron chi connectivity index (χ0n) is 17.3. The molecule has 0 saturated carbocycles. The van der Waals surface area contributed by atoms with E-state index in [2.05, 4.69) is 15.6 Å². The van der Waals surface area contributed by atoms with Gasteiger partial charge in [0.15, 0.2) is 5.96 Å². The van der Waals surface area contributed by atoms with Crippen LogP contribution in [0.2, 0.25) is 0 Å². The predicted molar refractivity (Wildman–Crippen MR) is 106 cm³/mol. The number of likely N-dealkylation sites (tertiary alicyclic amines) is 1. The summed E-state index contributed by atoms with van der Waals surface area (Å²) in [5, 5.41) is 6.66. The van der Waals surface area contributed by atoms with Gasteiger partial charge in [-0.2, -0.15) is 0 Å². The van der Waals surface area contributed by atoms with E-state index in [1.807, 2.05) is 32.6 Å². The van der Waals surface area contributed by atoms with Gasteiger partial charge in [0, 0.05) is 39.9 Å². The van der Waals surface area contributed by atoms with Crippen LogP contribution in [0.25, 0.3) is 0 Å². The van der Waals surface area contributed by atoms with E-state index in [0.29, 0.717) is 6.54 Å². The van der Waals surface area contributed by atoms with Gasteiger partial charge in [-0.15, -0.1) is 0 Å². The number of carbonyl (C=O) groups excluding carboxylic acids is 1. The fourth-order valence-corrected chi connectivity index (χ4v) is 2.89. The van der Waals surface area contributed by atoms with Gasteiger partial charge < -0.3 is 25.0 Å². The Balaban J connectivity index is 2.39. The third kappa shape index (κ3) is 9.27. The van der Waals surface area contributed by atoms with Crippen molar-refractivity contribution in [2.75, 3.05) is 39.9 Å². The lowest BCUT2D eigenvalue weighted by atomic mass is 10.0. The molecule has 0 aromatic rings. The number of hydrogen-bond acceptors (Lipinski definition) is 4. The van der Waals surface area contributed by atoms with Crippen molar-refractivity contribution in [1.82, 2.24) is 15.5 Å². The van der Waals surface area contributed by atoms with Crippen LogP contribution >= 0.6 is 0 Å². The second kappa shape index (κ2) is 12.0. The monoisotopic (exact) mass is 370 g/mol. The van der Waals surface area contributed by atoms with Gasteiger partial charge in [-0.25, -0.2) is 4.79 Å². The van der Waals surface area contributed by atoms with E-state index in [1.165, 1.54) is 0 Å². The van der Waals surface area contributed by atoms with Crippen LogP contribution in [0.3, 0.4) is 0 Å². The summed E-state index contributed by atoms with van der Waals surface area (Å²) in [6.45, 7) is 11.6. The van der Waals surface area contributed by atoms with Crippen LogP contribution in [0.4, 0.5) is 4.79 Å². The molecule has 1 heterocycles. The van der Waals surface area contributed by atoms with E-state index in [4.69, 9.17) is 9.47 Å². The average molecular weight is 371 g/mol. The number of nitrogens with one attached hydrogen (secondary N) is 2. The normalized spacial score (nSPS) is 18.6. The quantitative estimate of drug-likeness (QED) is 0.390. The summed E-state index contributed by atoms with van der Waals surface area (Å²) in [5.74, 6) is 0.774. The van der Waals surface area contributed by atoms with E-state index >= 15 is 0 Å². The Labute approximate surface area is 158 Å². The minimum absolute atomic E-state index is 0.134. The van der Waals surface area contributed by atoms with E-state index < -0.39 is 5.60 Å². The number of piperidine rings is 1. The number of unbranched alkanes of at least 4 members (excludes halogenated alkanes) is 1. The van der Waals surface area contributed by atoms with Crippen molar-refractivity contribution in [3.05, 3.63) is 0 Å². The summed E-state index contributed by atoms with van der Waals surface area (Å²) in [5.41, 5.74) is -0.467. The van der Waals surface area contributed by atoms with Crippen LogP contribution in [-0.2, 0) is 9.47 Å². The van der Waals surface area contributed by atoms with Crippen molar-refractivity contribution >= 4 is 12.1 Å². The van der Waals surface area contributed by atoms with Crippen LogP contribution in [0.1, 0.15) is 59.8 Å². The number of aliphatic imine (C=N–C) groups is 1. The molecule has 1 rings (SSSR count). The molecule has 0 bridgehead atoms. The number of ether oxygens (including phenoxy) is 2. The summed E-state index contributed by atoms with van der Waals surface area (Å²) >= 11 is 0. The van der Waals surface area contributed by atoms with Crippen molar-refractivity contribution in [1.29, 1.82) is 0 Å². The highest BCUT2D eigenvalue weighted by atomic mass is 16.6. The molecule has 152 valence electrons. The number of carbonyl (C=O) groups is 1. The van der Waals surface area contributed by atoms with Gasteiger partial charge >= 0.3 is 6.09 Å². The standard InChI is InChI=1S/C19H38N4O3/c1-6-25-14-10-8-12-21-17(20-5)22-15-16-11-7-9-13-23(16)18(24)26-19(2,3)4/h16H,6-15H2,1-5H3,(H2,20,21,22). The second-order valence-electron chi connectivity index (χ2n) is 7.61. The molecule has 0 spiro atoms. The van der Waals surface area contributed by atoms with E-state index in [9.17, 15) is 4.79 Å². The predicted octanol–water partition coefficient (Wildman–Crippen LogP) is 2.76. The molecular formula is C19H38N4O3. The number of guanidine groups is 1. The molecule has 26 heavy (non-hydrogen) atoms. The van der Waals surface area contributed by atoms with Crippen molar-refractivity contribution in [2.24, 2.45) is 4.99 Å². The van der Waals surface area contributed by atoms with E-state index in [-0.39, 0.29) is 12.1 Å². The van der Waals surface area contributed by atoms with Crippen LogP contribution in [0.15, 0.2) is 4.99 Å². The summed E-state index contributed by atoms with van der Waals surface area (Å²) in [6, 6.07) is 0.134. The molecule has 0 aromatic carbocycles. The Morgan fingerprint density at radius 1 is 1.23 bits per heavy atom. The molecule has 2 N–H and O–H groups in total. The van der Waals surface area contributed by atoms with Gasteiger partial charge in [0.25, 0.3) is 0 Å². The molecule has 1 amide bonds. The maximum atomic E-state index is 12.5. The lowest BCUT2D eigenvalue weighted by Gasteiger charge is -2.37. The summed E-state index contributed by atoms with van der Waals surface area (Å²) in [4.78, 5) is 18.6. The van der Waals surface area contributed by atoms with Crippen LogP contribution in [0, 0.1) is 0 Å². The molecular weight excluding hydrogens is 332 g/mol. The highest BCUT2D eigenvalue weighted by Crippen LogP contribution is 2.20. The van der Waals surface area contributed by atoms with Crippen molar-refractivity contribution < 1.29 is 14.3 Å². The SMILES string of the molecule is CCOCCCCNC(=NC)NCC1CCCCN1C(=O)OC(C)(C)C. The third-order valence-electron chi connectivity index (χ3n) is 4.20. The number of hydrogen-bond donors (Lipinski definition) is 2. The maximum Gasteiger partial charge on any atom is 0.410 e. The summed E-state index contributed by atoms with van der Waals surface area (Å²) < 4.78 is 10.9. The van der Waals surface area contributed by atoms with Crippen LogP contribution < -0.4 is 10.6 Å². The van der Waals surface area contributed by atoms with Gasteiger partial charge in [-0.1, -0.05) is 0 Å². The van der Waals surface area contributed by atoms with Crippen molar-refractivity contribution in [3.63, 3.8) is 0 Å². The van der Waals surface area contributed by atoms with Gasteiger partial charge in [0.05, 0.1) is 6.04 Å². The first-order chi connectivity index (χ1) is 12.4. The number of rotatable bonds is 8. The molecule has 0 aliphatic carbocycles. The first-order valence-corrected chi connectivity index (χ1v) is 9.89. The van der Waals surface area contributed by atoms with Gasteiger partial charge in [0.1, 0.15) is 5.60 Å². The molecule has 1 atom stereocenters. The summed E-state index contributed by atoms with van der Waals surface area (Å²) in [7, 11) is 1.77. The van der Waals surface area contributed by atoms with Crippen LogP contribution in [0.5, 0.6) is 0 Å². The van der Waals surface area contributed by atoms with E-state index in [1.54, 1.807) is 7.05 Å². The molecule has 7 heteroatoms. The highest BCUT2D eigenvalue weighted by molar-refractivity contribution is 5.79. The topological polar surface area (TPSA) is 75.2 Å².